The smallest absolute Gasteiger partial charge is 0.225 e. The van der Waals surface area contributed by atoms with E-state index in [0.717, 1.165) is 27.0 Å². The average Bonchev–Trinajstić information content (AvgIpc) is 2.65. The van der Waals surface area contributed by atoms with Crippen LogP contribution in [-0.2, 0) is 0 Å². The van der Waals surface area contributed by atoms with E-state index in [0.29, 0.717) is 17.5 Å². The molecule has 2 aromatic heterocycles. The maximum atomic E-state index is 9.34. The van der Waals surface area contributed by atoms with Crippen LogP contribution in [0.3, 0.4) is 0 Å². The molecule has 1 atom stereocenters. The van der Waals surface area contributed by atoms with Gasteiger partial charge >= 0.3 is 0 Å². The topological polar surface area (TPSA) is 83.0 Å². The third-order valence-electron chi connectivity index (χ3n) is 4.05. The van der Waals surface area contributed by atoms with Crippen LogP contribution in [0.15, 0.2) is 47.1 Å². The molecule has 0 aliphatic carbocycles. The van der Waals surface area contributed by atoms with E-state index in [2.05, 4.69) is 53.6 Å². The van der Waals surface area contributed by atoms with E-state index in [1.165, 1.54) is 0 Å². The molecule has 0 unspecified atom stereocenters. The van der Waals surface area contributed by atoms with Crippen molar-refractivity contribution in [3.05, 3.63) is 58.2 Å². The molecule has 6 nitrogen and oxygen atoms in total. The van der Waals surface area contributed by atoms with Crippen molar-refractivity contribution in [1.82, 2.24) is 15.0 Å². The molecule has 0 fully saturated rings. The molecule has 0 bridgehead atoms. The standard InChI is InChI=1S/C20H22BrN5O/c1-12-8-15(21)9-13(2)19(12)25-18-10-17(16-6-4-5-7-22-16)24-20(26-18)23-14(3)11-27/h4-10,14,27H,11H2,1-3H3,(H2,23,24,25,26)/t14-/m1/s1. The van der Waals surface area contributed by atoms with Crippen LogP contribution in [0.2, 0.25) is 0 Å². The van der Waals surface area contributed by atoms with Gasteiger partial charge in [0.25, 0.3) is 0 Å². The molecule has 0 aliphatic heterocycles. The molecule has 140 valence electrons. The first-order chi connectivity index (χ1) is 13.0. The molecule has 1 aromatic carbocycles. The average molecular weight is 428 g/mol. The molecule has 0 saturated heterocycles. The van der Waals surface area contributed by atoms with Gasteiger partial charge in [-0.05, 0) is 56.2 Å². The summed E-state index contributed by atoms with van der Waals surface area (Å²) in [7, 11) is 0. The zero-order valence-electron chi connectivity index (χ0n) is 15.5. The van der Waals surface area contributed by atoms with Gasteiger partial charge in [0.2, 0.25) is 5.95 Å². The maximum absolute atomic E-state index is 9.34. The number of aryl methyl sites for hydroxylation is 2. The SMILES string of the molecule is Cc1cc(Br)cc(C)c1Nc1cc(-c2ccccn2)nc(N[C@H](C)CO)n1. The highest BCUT2D eigenvalue weighted by Gasteiger charge is 2.12. The number of hydrogen-bond acceptors (Lipinski definition) is 6. The fourth-order valence-electron chi connectivity index (χ4n) is 2.72. The molecule has 0 radical (unpaired) electrons. The zero-order chi connectivity index (χ0) is 19.4. The van der Waals surface area contributed by atoms with Crippen molar-refractivity contribution >= 4 is 33.4 Å². The lowest BCUT2D eigenvalue weighted by atomic mass is 10.1. The number of nitrogens with zero attached hydrogens (tertiary/aromatic N) is 3. The number of aliphatic hydroxyl groups excluding tert-OH is 1. The highest BCUT2D eigenvalue weighted by molar-refractivity contribution is 9.10. The van der Waals surface area contributed by atoms with Crippen LogP contribution in [0.1, 0.15) is 18.1 Å². The molecule has 0 saturated carbocycles. The number of halogens is 1. The Kier molecular flexibility index (Phi) is 6.03. The third-order valence-corrected chi connectivity index (χ3v) is 4.51. The fourth-order valence-corrected chi connectivity index (χ4v) is 3.41. The summed E-state index contributed by atoms with van der Waals surface area (Å²) < 4.78 is 1.04. The van der Waals surface area contributed by atoms with E-state index in [1.807, 2.05) is 45.0 Å². The second kappa shape index (κ2) is 8.45. The van der Waals surface area contributed by atoms with Gasteiger partial charge in [0.05, 0.1) is 18.0 Å². The molecule has 2 heterocycles. The summed E-state index contributed by atoms with van der Waals surface area (Å²) >= 11 is 3.53. The first kappa shape index (κ1) is 19.3. The Labute approximate surface area is 167 Å². The Morgan fingerprint density at radius 1 is 1.07 bits per heavy atom. The lowest BCUT2D eigenvalue weighted by molar-refractivity contribution is 0.281. The number of nitrogens with one attached hydrogen (secondary N) is 2. The van der Waals surface area contributed by atoms with Gasteiger partial charge in [-0.3, -0.25) is 4.98 Å². The minimum atomic E-state index is -0.159. The molecule has 3 aromatic rings. The fraction of sp³-hybridized carbons (Fsp3) is 0.250. The number of anilines is 3. The van der Waals surface area contributed by atoms with Gasteiger partial charge < -0.3 is 15.7 Å². The number of benzene rings is 1. The van der Waals surface area contributed by atoms with Crippen molar-refractivity contribution in [2.45, 2.75) is 26.8 Å². The molecule has 3 N–H and O–H groups in total. The summed E-state index contributed by atoms with van der Waals surface area (Å²) in [4.78, 5) is 13.5. The van der Waals surface area contributed by atoms with Crippen LogP contribution >= 0.6 is 15.9 Å². The second-order valence-corrected chi connectivity index (χ2v) is 7.36. The first-order valence-electron chi connectivity index (χ1n) is 8.68. The van der Waals surface area contributed by atoms with Gasteiger partial charge in [0, 0.05) is 28.5 Å². The number of aromatic nitrogens is 3. The van der Waals surface area contributed by atoms with E-state index >= 15 is 0 Å². The van der Waals surface area contributed by atoms with Crippen molar-refractivity contribution < 1.29 is 5.11 Å². The molecular weight excluding hydrogens is 406 g/mol. The van der Waals surface area contributed by atoms with Crippen LogP contribution in [0, 0.1) is 13.8 Å². The second-order valence-electron chi connectivity index (χ2n) is 6.44. The Morgan fingerprint density at radius 3 is 2.44 bits per heavy atom. The van der Waals surface area contributed by atoms with E-state index in [-0.39, 0.29) is 12.6 Å². The van der Waals surface area contributed by atoms with Crippen LogP contribution in [0.5, 0.6) is 0 Å². The minimum Gasteiger partial charge on any atom is -0.394 e. The van der Waals surface area contributed by atoms with Gasteiger partial charge in [-0.15, -0.1) is 0 Å². The quantitative estimate of drug-likeness (QED) is 0.538. The largest absolute Gasteiger partial charge is 0.394 e. The third kappa shape index (κ3) is 4.81. The predicted molar refractivity (Wildman–Crippen MR) is 112 cm³/mol. The summed E-state index contributed by atoms with van der Waals surface area (Å²) in [6.45, 7) is 5.96. The van der Waals surface area contributed by atoms with Crippen molar-refractivity contribution in [3.63, 3.8) is 0 Å². The van der Waals surface area contributed by atoms with Gasteiger partial charge in [-0.1, -0.05) is 22.0 Å². The first-order valence-corrected chi connectivity index (χ1v) is 9.47. The summed E-state index contributed by atoms with van der Waals surface area (Å²) in [5.74, 6) is 1.10. The monoisotopic (exact) mass is 427 g/mol. The molecule has 7 heteroatoms. The van der Waals surface area contributed by atoms with E-state index in [9.17, 15) is 5.11 Å². The van der Waals surface area contributed by atoms with Gasteiger partial charge in [0.15, 0.2) is 0 Å². The Bertz CT molecular complexity index is 910. The van der Waals surface area contributed by atoms with Crippen LogP contribution in [-0.4, -0.2) is 32.7 Å². The lowest BCUT2D eigenvalue weighted by Crippen LogP contribution is -2.21. The van der Waals surface area contributed by atoms with Gasteiger partial charge in [-0.25, -0.2) is 4.98 Å². The summed E-state index contributed by atoms with van der Waals surface area (Å²) in [6.07, 6.45) is 1.73. The van der Waals surface area contributed by atoms with E-state index in [1.54, 1.807) is 6.20 Å². The van der Waals surface area contributed by atoms with Crippen molar-refractivity contribution in [3.8, 4) is 11.4 Å². The number of aliphatic hydroxyl groups is 1. The zero-order valence-corrected chi connectivity index (χ0v) is 17.1. The van der Waals surface area contributed by atoms with Crippen LogP contribution in [0.4, 0.5) is 17.5 Å². The number of rotatable bonds is 6. The van der Waals surface area contributed by atoms with Crippen molar-refractivity contribution in [2.75, 3.05) is 17.2 Å². The highest BCUT2D eigenvalue weighted by Crippen LogP contribution is 2.29. The van der Waals surface area contributed by atoms with E-state index < -0.39 is 0 Å². The Hall–Kier alpha value is -2.51. The van der Waals surface area contributed by atoms with Crippen molar-refractivity contribution in [2.24, 2.45) is 0 Å². The normalized spacial score (nSPS) is 11.9. The van der Waals surface area contributed by atoms with Crippen LogP contribution in [0.25, 0.3) is 11.4 Å². The molecular formula is C20H22BrN5O. The predicted octanol–water partition coefficient (Wildman–Crippen LogP) is 4.45. The molecule has 0 amide bonds. The van der Waals surface area contributed by atoms with Crippen molar-refractivity contribution in [1.29, 1.82) is 0 Å². The molecule has 3 rings (SSSR count). The van der Waals surface area contributed by atoms with E-state index in [4.69, 9.17) is 0 Å². The number of pyridine rings is 1. The molecule has 0 aliphatic rings. The summed E-state index contributed by atoms with van der Waals surface area (Å²) in [5, 5.41) is 15.9. The molecule has 0 spiro atoms. The van der Waals surface area contributed by atoms with Gasteiger partial charge in [-0.2, -0.15) is 4.98 Å². The minimum absolute atomic E-state index is 0.00906. The highest BCUT2D eigenvalue weighted by atomic mass is 79.9. The number of hydrogen-bond donors (Lipinski definition) is 3. The Morgan fingerprint density at radius 2 is 1.81 bits per heavy atom. The summed E-state index contributed by atoms with van der Waals surface area (Å²) in [6, 6.07) is 11.5. The summed E-state index contributed by atoms with van der Waals surface area (Å²) in [5.41, 5.74) is 4.68. The Balaban J connectivity index is 2.02. The van der Waals surface area contributed by atoms with Gasteiger partial charge in [0.1, 0.15) is 5.82 Å². The van der Waals surface area contributed by atoms with Crippen LogP contribution < -0.4 is 10.6 Å². The lowest BCUT2D eigenvalue weighted by Gasteiger charge is -2.16. The molecule has 27 heavy (non-hydrogen) atoms. The maximum Gasteiger partial charge on any atom is 0.225 e.